The molecule has 2 aliphatic rings. The van der Waals surface area contributed by atoms with Gasteiger partial charge in [-0.05, 0) is 12.8 Å². The van der Waals surface area contributed by atoms with Gasteiger partial charge in [0.25, 0.3) is 0 Å². The Balaban J connectivity index is 2.32. The van der Waals surface area contributed by atoms with Crippen LogP contribution in [0.4, 0.5) is 0 Å². The third kappa shape index (κ3) is 1.49. The van der Waals surface area contributed by atoms with Crippen molar-refractivity contribution in [3.63, 3.8) is 0 Å². The van der Waals surface area contributed by atoms with Crippen molar-refractivity contribution in [2.75, 3.05) is 0 Å². The van der Waals surface area contributed by atoms with Gasteiger partial charge >= 0.3 is 0 Å². The summed E-state index contributed by atoms with van der Waals surface area (Å²) in [5.74, 6) is 0. The van der Waals surface area contributed by atoms with Crippen molar-refractivity contribution in [3.8, 4) is 0 Å². The zero-order valence-corrected chi connectivity index (χ0v) is 8.57. The molecule has 5 N–H and O–H groups in total. The lowest BCUT2D eigenvalue weighted by Gasteiger charge is -2.51. The number of rotatable bonds is 1. The van der Waals surface area contributed by atoms with Crippen LogP contribution >= 0.6 is 0 Å². The van der Waals surface area contributed by atoms with E-state index in [1.807, 2.05) is 0 Å². The Hall–Kier alpha value is -0.530. The molecule has 6 heteroatoms. The summed E-state index contributed by atoms with van der Waals surface area (Å²) >= 11 is 0. The second kappa shape index (κ2) is 3.80. The maximum atomic E-state index is 11.1. The van der Waals surface area contributed by atoms with Crippen molar-refractivity contribution in [2.45, 2.75) is 44.1 Å². The van der Waals surface area contributed by atoms with Gasteiger partial charge in [0.1, 0.15) is 6.23 Å². The molecule has 0 amide bonds. The van der Waals surface area contributed by atoms with Gasteiger partial charge in [-0.25, -0.2) is 4.84 Å². The smallest absolute Gasteiger partial charge is 0.205 e. The van der Waals surface area contributed by atoms with E-state index in [1.165, 1.54) is 0 Å². The van der Waals surface area contributed by atoms with Crippen molar-refractivity contribution in [3.05, 3.63) is 0 Å². The minimum atomic E-state index is -1.38. The average molecular weight is 215 g/mol. The molecule has 1 saturated carbocycles. The molecular formula is C9H17N3O3. The summed E-state index contributed by atoms with van der Waals surface area (Å²) in [7, 11) is 0. The third-order valence-corrected chi connectivity index (χ3v) is 3.63. The molecule has 1 heterocycles. The van der Waals surface area contributed by atoms with Crippen LogP contribution in [0.25, 0.3) is 0 Å². The summed E-state index contributed by atoms with van der Waals surface area (Å²) in [6, 6.07) is 0. The Morgan fingerprint density at radius 3 is 2.60 bits per heavy atom. The molecule has 0 aromatic heterocycles. The maximum absolute atomic E-state index is 11.1. The standard InChI is InChI=1S/C9H17N3O3/c10-7-8(4-2-1-3-5-8)9(11,6-13)15-12-14-7/h6-7,12H,1-5,10-11H2. The van der Waals surface area contributed by atoms with Crippen LogP contribution in [0.1, 0.15) is 32.1 Å². The third-order valence-electron chi connectivity index (χ3n) is 3.63. The lowest BCUT2D eigenvalue weighted by atomic mass is 9.66. The van der Waals surface area contributed by atoms with Crippen LogP contribution in [0.5, 0.6) is 0 Å². The van der Waals surface area contributed by atoms with E-state index in [1.54, 1.807) is 0 Å². The average Bonchev–Trinajstić information content (AvgIpc) is 2.28. The first-order valence-corrected chi connectivity index (χ1v) is 5.24. The maximum Gasteiger partial charge on any atom is 0.205 e. The second-order valence-electron chi connectivity index (χ2n) is 4.35. The molecule has 2 atom stereocenters. The van der Waals surface area contributed by atoms with Gasteiger partial charge in [0.15, 0.2) is 6.29 Å². The molecule has 0 aromatic rings. The number of nitrogens with two attached hydrogens (primary N) is 2. The van der Waals surface area contributed by atoms with Crippen LogP contribution in [0.2, 0.25) is 0 Å². The fourth-order valence-electron chi connectivity index (χ4n) is 2.58. The van der Waals surface area contributed by atoms with Gasteiger partial charge in [-0.3, -0.25) is 15.4 Å². The summed E-state index contributed by atoms with van der Waals surface area (Å²) in [5, 5.41) is 0. The molecule has 6 nitrogen and oxygen atoms in total. The predicted molar refractivity (Wildman–Crippen MR) is 51.8 cm³/mol. The Morgan fingerprint density at radius 1 is 1.33 bits per heavy atom. The van der Waals surface area contributed by atoms with E-state index in [4.69, 9.17) is 21.1 Å². The SMILES string of the molecule is NC1ONOC(N)(C=O)C12CCCCC2. The highest BCUT2D eigenvalue weighted by Gasteiger charge is 2.58. The fraction of sp³-hybridized carbons (Fsp3) is 0.889. The van der Waals surface area contributed by atoms with E-state index >= 15 is 0 Å². The highest BCUT2D eigenvalue weighted by atomic mass is 16.9. The molecule has 1 aliphatic heterocycles. The first-order chi connectivity index (χ1) is 7.15. The summed E-state index contributed by atoms with van der Waals surface area (Å²) in [6.45, 7) is 0. The van der Waals surface area contributed by atoms with Crippen LogP contribution in [0.3, 0.4) is 0 Å². The van der Waals surface area contributed by atoms with E-state index in [0.29, 0.717) is 6.29 Å². The van der Waals surface area contributed by atoms with E-state index in [-0.39, 0.29) is 0 Å². The highest BCUT2D eigenvalue weighted by molar-refractivity contribution is 5.63. The number of carbonyl (C=O) groups is 1. The molecule has 15 heavy (non-hydrogen) atoms. The number of hydrogen-bond acceptors (Lipinski definition) is 6. The lowest BCUT2D eigenvalue weighted by molar-refractivity contribution is -0.353. The molecule has 0 bridgehead atoms. The van der Waals surface area contributed by atoms with Crippen LogP contribution in [0.15, 0.2) is 0 Å². The van der Waals surface area contributed by atoms with Gasteiger partial charge < -0.3 is 5.73 Å². The van der Waals surface area contributed by atoms with Crippen molar-refractivity contribution in [2.24, 2.45) is 16.9 Å². The van der Waals surface area contributed by atoms with Crippen LogP contribution in [-0.4, -0.2) is 18.2 Å². The van der Waals surface area contributed by atoms with Gasteiger partial charge in [0.2, 0.25) is 5.72 Å². The molecule has 0 radical (unpaired) electrons. The monoisotopic (exact) mass is 215 g/mol. The summed E-state index contributed by atoms with van der Waals surface area (Å²) in [5.41, 5.74) is 12.0. The van der Waals surface area contributed by atoms with E-state index in [9.17, 15) is 4.79 Å². The van der Waals surface area contributed by atoms with Crippen LogP contribution in [-0.2, 0) is 14.5 Å². The zero-order valence-electron chi connectivity index (χ0n) is 8.57. The first-order valence-electron chi connectivity index (χ1n) is 5.24. The molecule has 0 aromatic carbocycles. The molecule has 2 fully saturated rings. The zero-order chi connectivity index (χ0) is 10.9. The molecule has 1 spiro atoms. The van der Waals surface area contributed by atoms with Crippen molar-refractivity contribution in [1.82, 2.24) is 5.64 Å². The van der Waals surface area contributed by atoms with Gasteiger partial charge in [-0.1, -0.05) is 24.9 Å². The predicted octanol–water partition coefficient (Wildman–Crippen LogP) is -0.458. The van der Waals surface area contributed by atoms with Gasteiger partial charge in [0.05, 0.1) is 5.41 Å². The minimum Gasteiger partial charge on any atom is -0.304 e. The van der Waals surface area contributed by atoms with Gasteiger partial charge in [0, 0.05) is 0 Å². The fourth-order valence-corrected chi connectivity index (χ4v) is 2.58. The Bertz CT molecular complexity index is 255. The van der Waals surface area contributed by atoms with Crippen LogP contribution in [0, 0.1) is 5.41 Å². The number of aldehydes is 1. The largest absolute Gasteiger partial charge is 0.304 e. The molecule has 1 aliphatic carbocycles. The Kier molecular flexibility index (Phi) is 2.78. The Labute approximate surface area is 88.2 Å². The topological polar surface area (TPSA) is 99.6 Å². The number of carbonyl (C=O) groups excluding carboxylic acids is 1. The second-order valence-corrected chi connectivity index (χ2v) is 4.35. The molecule has 2 unspecified atom stereocenters. The quantitative estimate of drug-likeness (QED) is 0.512. The van der Waals surface area contributed by atoms with E-state index < -0.39 is 17.4 Å². The number of nitrogens with one attached hydrogen (secondary N) is 1. The summed E-state index contributed by atoms with van der Waals surface area (Å²) < 4.78 is 0. The van der Waals surface area contributed by atoms with E-state index in [0.717, 1.165) is 32.1 Å². The molecule has 86 valence electrons. The van der Waals surface area contributed by atoms with E-state index in [2.05, 4.69) is 5.64 Å². The summed E-state index contributed by atoms with van der Waals surface area (Å²) in [4.78, 5) is 21.2. The summed E-state index contributed by atoms with van der Waals surface area (Å²) in [6.07, 6.45) is 4.64. The van der Waals surface area contributed by atoms with Crippen molar-refractivity contribution in [1.29, 1.82) is 0 Å². The van der Waals surface area contributed by atoms with Crippen LogP contribution < -0.4 is 17.1 Å². The van der Waals surface area contributed by atoms with Crippen molar-refractivity contribution < 1.29 is 14.5 Å². The number of hydrogen-bond donors (Lipinski definition) is 3. The normalized spacial score (nSPS) is 40.3. The van der Waals surface area contributed by atoms with Gasteiger partial charge in [-0.2, -0.15) is 0 Å². The Morgan fingerprint density at radius 2 is 2.00 bits per heavy atom. The first kappa shape index (κ1) is 11.0. The molecule has 1 saturated heterocycles. The van der Waals surface area contributed by atoms with Gasteiger partial charge in [-0.15, -0.1) is 0 Å². The molecule has 2 rings (SSSR count). The van der Waals surface area contributed by atoms with Crippen molar-refractivity contribution >= 4 is 6.29 Å². The molecular weight excluding hydrogens is 198 g/mol. The minimum absolute atomic E-state index is 0.599. The highest BCUT2D eigenvalue weighted by Crippen LogP contribution is 2.47. The lowest BCUT2D eigenvalue weighted by Crippen LogP contribution is -2.72.